The number of fused-ring (bicyclic) bond motifs is 3. The number of aromatic nitrogens is 3. The van der Waals surface area contributed by atoms with E-state index in [1.807, 2.05) is 24.7 Å². The van der Waals surface area contributed by atoms with Crippen molar-refractivity contribution in [1.29, 1.82) is 0 Å². The van der Waals surface area contributed by atoms with Crippen molar-refractivity contribution in [2.45, 2.75) is 38.6 Å². The molecule has 0 saturated carbocycles. The first-order chi connectivity index (χ1) is 11.8. The Morgan fingerprint density at radius 3 is 3.04 bits per heavy atom. The Balaban J connectivity index is 1.45. The molecule has 1 aliphatic rings. The fraction of sp³-hybridized carbons (Fsp3) is 0.474. The lowest BCUT2D eigenvalue weighted by atomic mass is 10.0. The third-order valence-corrected chi connectivity index (χ3v) is 5.11. The van der Waals surface area contributed by atoms with E-state index in [9.17, 15) is 0 Å². The lowest BCUT2D eigenvalue weighted by Crippen LogP contribution is -2.38. The molecule has 3 aromatic rings. The molecule has 3 heterocycles. The fourth-order valence-corrected chi connectivity index (χ4v) is 3.71. The van der Waals surface area contributed by atoms with Crippen LogP contribution in [0.3, 0.4) is 0 Å². The third-order valence-electron chi connectivity index (χ3n) is 5.11. The van der Waals surface area contributed by atoms with Gasteiger partial charge in [-0.05, 0) is 44.9 Å². The van der Waals surface area contributed by atoms with E-state index in [1.54, 1.807) is 0 Å². The van der Waals surface area contributed by atoms with E-state index in [2.05, 4.69) is 38.7 Å². The molecule has 1 unspecified atom stereocenters. The van der Waals surface area contributed by atoms with Gasteiger partial charge in [0.05, 0.1) is 23.6 Å². The summed E-state index contributed by atoms with van der Waals surface area (Å²) >= 11 is 0. The molecule has 0 spiro atoms. The number of hydrogen-bond acceptors (Lipinski definition) is 4. The van der Waals surface area contributed by atoms with Gasteiger partial charge in [-0.25, -0.2) is 9.97 Å². The smallest absolute Gasteiger partial charge is 0.152 e. The molecule has 1 aliphatic heterocycles. The van der Waals surface area contributed by atoms with Gasteiger partial charge in [-0.2, -0.15) is 0 Å². The van der Waals surface area contributed by atoms with Crippen molar-refractivity contribution >= 4 is 22.4 Å². The minimum absolute atomic E-state index is 0.735. The van der Waals surface area contributed by atoms with E-state index >= 15 is 0 Å². The Kier molecular flexibility index (Phi) is 4.34. The monoisotopic (exact) mass is 323 g/mol. The van der Waals surface area contributed by atoms with Gasteiger partial charge in [0.2, 0.25) is 0 Å². The predicted molar refractivity (Wildman–Crippen MR) is 98.5 cm³/mol. The number of nitrogens with zero attached hydrogens (tertiary/aromatic N) is 4. The minimum Gasteiger partial charge on any atom is -0.368 e. The van der Waals surface area contributed by atoms with Crippen LogP contribution in [0, 0.1) is 0 Å². The minimum atomic E-state index is 0.735. The summed E-state index contributed by atoms with van der Waals surface area (Å²) in [6.07, 6.45) is 8.96. The molecule has 4 rings (SSSR count). The molecule has 5 nitrogen and oxygen atoms in total. The summed E-state index contributed by atoms with van der Waals surface area (Å²) in [5.41, 5.74) is 3.13. The Morgan fingerprint density at radius 2 is 2.12 bits per heavy atom. The molecule has 5 heteroatoms. The van der Waals surface area contributed by atoms with Gasteiger partial charge in [0.1, 0.15) is 5.52 Å². The number of nitrogens with one attached hydrogen (secondary N) is 1. The van der Waals surface area contributed by atoms with Gasteiger partial charge in [0.25, 0.3) is 0 Å². The molecule has 0 amide bonds. The van der Waals surface area contributed by atoms with Crippen LogP contribution < -0.4 is 5.32 Å². The zero-order valence-corrected chi connectivity index (χ0v) is 14.3. The van der Waals surface area contributed by atoms with Crippen LogP contribution in [0.25, 0.3) is 16.6 Å². The van der Waals surface area contributed by atoms with Crippen LogP contribution in [0.15, 0.2) is 36.8 Å². The summed E-state index contributed by atoms with van der Waals surface area (Å²) in [7, 11) is 0. The lowest BCUT2D eigenvalue weighted by molar-refractivity contribution is 0.160. The van der Waals surface area contributed by atoms with E-state index < -0.39 is 0 Å². The molecule has 0 aliphatic carbocycles. The fourth-order valence-electron chi connectivity index (χ4n) is 3.71. The number of piperidine rings is 1. The first-order valence-corrected chi connectivity index (χ1v) is 9.01. The SMILES string of the molecule is CC1CCCCN1CCCNc1nc2ccccc2n2cncc12. The van der Waals surface area contributed by atoms with Crippen LogP contribution in [0.1, 0.15) is 32.6 Å². The van der Waals surface area contributed by atoms with Crippen LogP contribution >= 0.6 is 0 Å². The van der Waals surface area contributed by atoms with E-state index in [0.29, 0.717) is 0 Å². The molecule has 1 N–H and O–H groups in total. The van der Waals surface area contributed by atoms with Gasteiger partial charge in [0, 0.05) is 19.1 Å². The van der Waals surface area contributed by atoms with E-state index in [0.717, 1.165) is 47.9 Å². The molecule has 0 radical (unpaired) electrons. The molecule has 24 heavy (non-hydrogen) atoms. The molecule has 1 fully saturated rings. The largest absolute Gasteiger partial charge is 0.368 e. The van der Waals surface area contributed by atoms with Crippen molar-refractivity contribution in [2.75, 3.05) is 25.0 Å². The summed E-state index contributed by atoms with van der Waals surface area (Å²) in [5.74, 6) is 0.929. The highest BCUT2D eigenvalue weighted by Crippen LogP contribution is 2.21. The van der Waals surface area contributed by atoms with Gasteiger partial charge in [-0.1, -0.05) is 18.6 Å². The van der Waals surface area contributed by atoms with Gasteiger partial charge < -0.3 is 10.2 Å². The summed E-state index contributed by atoms with van der Waals surface area (Å²) < 4.78 is 2.11. The van der Waals surface area contributed by atoms with Gasteiger partial charge in [-0.15, -0.1) is 0 Å². The number of anilines is 1. The zero-order chi connectivity index (χ0) is 16.4. The number of benzene rings is 1. The maximum Gasteiger partial charge on any atom is 0.152 e. The molecular weight excluding hydrogens is 298 g/mol. The van der Waals surface area contributed by atoms with Gasteiger partial charge >= 0.3 is 0 Å². The lowest BCUT2D eigenvalue weighted by Gasteiger charge is -2.33. The van der Waals surface area contributed by atoms with E-state index in [4.69, 9.17) is 4.98 Å². The number of hydrogen-bond donors (Lipinski definition) is 1. The second-order valence-electron chi connectivity index (χ2n) is 6.76. The first kappa shape index (κ1) is 15.4. The topological polar surface area (TPSA) is 45.5 Å². The van der Waals surface area contributed by atoms with Crippen LogP contribution in [0.4, 0.5) is 5.82 Å². The second kappa shape index (κ2) is 6.77. The molecule has 1 saturated heterocycles. The van der Waals surface area contributed by atoms with Crippen molar-refractivity contribution in [3.8, 4) is 0 Å². The van der Waals surface area contributed by atoms with Crippen LogP contribution in [-0.4, -0.2) is 44.9 Å². The van der Waals surface area contributed by atoms with Gasteiger partial charge in [-0.3, -0.25) is 4.40 Å². The third kappa shape index (κ3) is 2.96. The van der Waals surface area contributed by atoms with Crippen molar-refractivity contribution in [1.82, 2.24) is 19.3 Å². The number of rotatable bonds is 5. The molecule has 0 bridgehead atoms. The Hall–Kier alpha value is -2.14. The molecular formula is C19H25N5. The standard InChI is InChI=1S/C19H25N5/c1-15-7-4-5-11-23(15)12-6-10-21-19-18-13-20-14-24(18)17-9-3-2-8-16(17)22-19/h2-3,8-9,13-15H,4-7,10-12H2,1H3,(H,21,22). The molecule has 2 aromatic heterocycles. The Labute approximate surface area is 142 Å². The van der Waals surface area contributed by atoms with Crippen molar-refractivity contribution in [3.63, 3.8) is 0 Å². The van der Waals surface area contributed by atoms with E-state index in [-0.39, 0.29) is 0 Å². The summed E-state index contributed by atoms with van der Waals surface area (Å²) in [6, 6.07) is 8.93. The second-order valence-corrected chi connectivity index (χ2v) is 6.76. The number of imidazole rings is 1. The number of para-hydroxylation sites is 2. The average molecular weight is 323 g/mol. The summed E-state index contributed by atoms with van der Waals surface area (Å²) in [5, 5.41) is 3.52. The molecule has 1 atom stereocenters. The highest BCUT2D eigenvalue weighted by Gasteiger charge is 2.17. The first-order valence-electron chi connectivity index (χ1n) is 9.01. The van der Waals surface area contributed by atoms with Crippen LogP contribution in [0.5, 0.6) is 0 Å². The quantitative estimate of drug-likeness (QED) is 0.729. The normalized spacial score (nSPS) is 19.1. The summed E-state index contributed by atoms with van der Waals surface area (Å²) in [6.45, 7) is 5.71. The maximum atomic E-state index is 4.79. The Morgan fingerprint density at radius 1 is 1.21 bits per heavy atom. The highest BCUT2D eigenvalue weighted by molar-refractivity contribution is 5.83. The average Bonchev–Trinajstić information content (AvgIpc) is 3.10. The summed E-state index contributed by atoms with van der Waals surface area (Å²) in [4.78, 5) is 11.7. The zero-order valence-electron chi connectivity index (χ0n) is 14.3. The van der Waals surface area contributed by atoms with Crippen LogP contribution in [0.2, 0.25) is 0 Å². The van der Waals surface area contributed by atoms with Crippen molar-refractivity contribution in [2.24, 2.45) is 0 Å². The number of likely N-dealkylation sites (tertiary alicyclic amines) is 1. The highest BCUT2D eigenvalue weighted by atomic mass is 15.2. The predicted octanol–water partition coefficient (Wildman–Crippen LogP) is 3.56. The van der Waals surface area contributed by atoms with Gasteiger partial charge in [0.15, 0.2) is 5.82 Å². The van der Waals surface area contributed by atoms with Crippen LogP contribution in [-0.2, 0) is 0 Å². The Bertz CT molecular complexity index is 825. The van der Waals surface area contributed by atoms with Crippen molar-refractivity contribution < 1.29 is 0 Å². The van der Waals surface area contributed by atoms with E-state index in [1.165, 1.54) is 25.8 Å². The molecule has 126 valence electrons. The van der Waals surface area contributed by atoms with Crippen molar-refractivity contribution in [3.05, 3.63) is 36.8 Å². The molecule has 1 aromatic carbocycles. The maximum absolute atomic E-state index is 4.79.